The molecule has 63 heavy (non-hydrogen) atoms. The van der Waals surface area contributed by atoms with Crippen LogP contribution in [0.4, 0.5) is 0 Å². The van der Waals surface area contributed by atoms with Crippen LogP contribution in [-0.2, 0) is 6.42 Å². The van der Waals surface area contributed by atoms with Gasteiger partial charge in [0.1, 0.15) is 0 Å². The molecule has 0 saturated heterocycles. The number of hydrogen-bond acceptors (Lipinski definition) is 1. The lowest BCUT2D eigenvalue weighted by molar-refractivity contribution is 0.893. The largest absolute Gasteiger partial charge is 0.317 e. The Balaban J connectivity index is 1.02. The summed E-state index contributed by atoms with van der Waals surface area (Å²) in [4.78, 5) is 0. The molecule has 0 saturated carbocycles. The summed E-state index contributed by atoms with van der Waals surface area (Å²) >= 11 is 0. The lowest BCUT2D eigenvalue weighted by Crippen LogP contribution is -2.17. The summed E-state index contributed by atoms with van der Waals surface area (Å²) < 4.78 is 2.27. The molecule has 0 aliphatic heterocycles. The standard InChI is InChI=1S/C61H40N2/c62-39-40-17-19-43(20-18-40)47-15-8-16-56(38-47)63-30-29-49-31-48(25-28-59(49)63)52-35-54(53-33-50(41-9-3-1-4-10-41)32-51(34-53)42-11-5-2-6-12-42)37-55(36-52)57-26-23-46-22-21-44-13-7-14-45-24-27-58(57)61(46)60(44)45/h1-21,23-38,60H,22H2. The molecule has 294 valence electrons. The van der Waals surface area contributed by atoms with Gasteiger partial charge >= 0.3 is 0 Å². The third-order valence-corrected chi connectivity index (χ3v) is 13.1. The molecular weight excluding hydrogens is 761 g/mol. The SMILES string of the molecule is N#Cc1ccc(-c2cccc(-n3ccc4cc(-c5cc(-c6cc(-c7ccccc7)cc(-c7ccccc7)c6)cc(-c6ccc7c8c6C=CC6=CC=CC(=CC7)C68)c5)ccc43)c2)cc1. The van der Waals surface area contributed by atoms with Crippen molar-refractivity contribution in [2.45, 2.75) is 12.3 Å². The van der Waals surface area contributed by atoms with E-state index in [-0.39, 0.29) is 5.92 Å². The lowest BCUT2D eigenvalue weighted by Gasteiger charge is -2.34. The second-order valence-corrected chi connectivity index (χ2v) is 16.8. The summed E-state index contributed by atoms with van der Waals surface area (Å²) in [5, 5.41) is 10.5. The number of aromatic nitrogens is 1. The average Bonchev–Trinajstić information content (AvgIpc) is 3.79. The first kappa shape index (κ1) is 36.6. The minimum atomic E-state index is 0.286. The van der Waals surface area contributed by atoms with E-state index in [1.165, 1.54) is 88.9 Å². The second-order valence-electron chi connectivity index (χ2n) is 16.8. The topological polar surface area (TPSA) is 28.7 Å². The van der Waals surface area contributed by atoms with E-state index in [9.17, 15) is 5.26 Å². The highest BCUT2D eigenvalue weighted by atomic mass is 15.0. The third-order valence-electron chi connectivity index (χ3n) is 13.1. The number of fused-ring (bicyclic) bond motifs is 1. The Bertz CT molecular complexity index is 3400. The summed E-state index contributed by atoms with van der Waals surface area (Å²) in [6, 6.07) is 68.2. The van der Waals surface area contributed by atoms with Crippen molar-refractivity contribution in [1.82, 2.24) is 4.57 Å². The number of allylic oxidation sites excluding steroid dienone is 7. The molecule has 9 aromatic rings. The van der Waals surface area contributed by atoms with Crippen LogP contribution < -0.4 is 0 Å². The Morgan fingerprint density at radius 2 is 1.10 bits per heavy atom. The van der Waals surface area contributed by atoms with E-state index in [2.05, 4.69) is 211 Å². The maximum absolute atomic E-state index is 9.33. The van der Waals surface area contributed by atoms with Crippen LogP contribution in [0.5, 0.6) is 0 Å². The van der Waals surface area contributed by atoms with Crippen LogP contribution in [0.15, 0.2) is 230 Å². The first-order valence-electron chi connectivity index (χ1n) is 21.7. The van der Waals surface area contributed by atoms with Crippen molar-refractivity contribution in [3.05, 3.63) is 252 Å². The van der Waals surface area contributed by atoms with Gasteiger partial charge in [-0.2, -0.15) is 5.26 Å². The lowest BCUT2D eigenvalue weighted by atomic mass is 9.70. The maximum atomic E-state index is 9.33. The van der Waals surface area contributed by atoms with Crippen LogP contribution >= 0.6 is 0 Å². The van der Waals surface area contributed by atoms with Crippen molar-refractivity contribution in [3.8, 4) is 78.5 Å². The van der Waals surface area contributed by atoms with E-state index in [4.69, 9.17) is 0 Å². The fraction of sp³-hybridized carbons (Fsp3) is 0.0328. The van der Waals surface area contributed by atoms with Crippen molar-refractivity contribution in [1.29, 1.82) is 5.26 Å². The van der Waals surface area contributed by atoms with Crippen molar-refractivity contribution in [3.63, 3.8) is 0 Å². The monoisotopic (exact) mass is 800 g/mol. The van der Waals surface area contributed by atoms with Gasteiger partial charge in [0, 0.05) is 23.2 Å². The summed E-state index contributed by atoms with van der Waals surface area (Å²) in [5.41, 5.74) is 24.1. The molecule has 0 spiro atoms. The van der Waals surface area contributed by atoms with E-state index < -0.39 is 0 Å². The molecule has 0 radical (unpaired) electrons. The van der Waals surface area contributed by atoms with Crippen molar-refractivity contribution in [2.75, 3.05) is 0 Å². The fourth-order valence-corrected chi connectivity index (χ4v) is 9.99. The van der Waals surface area contributed by atoms with Crippen molar-refractivity contribution < 1.29 is 0 Å². The quantitative estimate of drug-likeness (QED) is 0.158. The predicted octanol–water partition coefficient (Wildman–Crippen LogP) is 15.6. The average molecular weight is 801 g/mol. The van der Waals surface area contributed by atoms with Gasteiger partial charge in [-0.1, -0.05) is 140 Å². The number of rotatable bonds is 7. The highest BCUT2D eigenvalue weighted by Crippen LogP contribution is 2.49. The van der Waals surface area contributed by atoms with E-state index >= 15 is 0 Å². The fourth-order valence-electron chi connectivity index (χ4n) is 9.99. The third kappa shape index (κ3) is 6.51. The molecule has 12 rings (SSSR count). The van der Waals surface area contributed by atoms with Crippen LogP contribution in [0.3, 0.4) is 0 Å². The molecule has 1 heterocycles. The molecule has 1 aromatic heterocycles. The highest BCUT2D eigenvalue weighted by molar-refractivity contribution is 5.92. The molecule has 3 aliphatic rings. The Labute approximate surface area is 368 Å². The molecule has 8 aromatic carbocycles. The summed E-state index contributed by atoms with van der Waals surface area (Å²) in [5.74, 6) is 0.286. The molecule has 0 fully saturated rings. The highest BCUT2D eigenvalue weighted by Gasteiger charge is 2.31. The molecule has 0 N–H and O–H groups in total. The first-order valence-corrected chi connectivity index (χ1v) is 21.7. The Hall–Kier alpha value is -8.25. The van der Waals surface area contributed by atoms with Crippen LogP contribution in [0.25, 0.3) is 89.4 Å². The van der Waals surface area contributed by atoms with Crippen LogP contribution in [0, 0.1) is 11.3 Å². The van der Waals surface area contributed by atoms with E-state index in [0.717, 1.165) is 28.8 Å². The van der Waals surface area contributed by atoms with Gasteiger partial charge in [-0.25, -0.2) is 0 Å². The molecule has 3 aliphatic carbocycles. The zero-order chi connectivity index (χ0) is 41.9. The molecule has 1 atom stereocenters. The number of hydrogen-bond donors (Lipinski definition) is 0. The first-order chi connectivity index (χ1) is 31.1. The number of benzene rings is 8. The van der Waals surface area contributed by atoms with Gasteiger partial charge in [-0.05, 0) is 180 Å². The van der Waals surface area contributed by atoms with Crippen molar-refractivity contribution in [2.24, 2.45) is 0 Å². The molecular formula is C61H40N2. The predicted molar refractivity (Wildman–Crippen MR) is 261 cm³/mol. The molecule has 0 bridgehead atoms. The van der Waals surface area contributed by atoms with E-state index in [1.54, 1.807) is 0 Å². The van der Waals surface area contributed by atoms with Crippen molar-refractivity contribution >= 4 is 17.0 Å². The maximum Gasteiger partial charge on any atom is 0.0991 e. The summed E-state index contributed by atoms with van der Waals surface area (Å²) in [6.07, 6.45) is 17.0. The molecule has 2 nitrogen and oxygen atoms in total. The van der Waals surface area contributed by atoms with Gasteiger partial charge in [0.25, 0.3) is 0 Å². The zero-order valence-electron chi connectivity index (χ0n) is 34.5. The van der Waals surface area contributed by atoms with Crippen LogP contribution in [-0.4, -0.2) is 4.57 Å². The minimum absolute atomic E-state index is 0.286. The normalized spacial score (nSPS) is 14.5. The molecule has 1 unspecified atom stereocenters. The Morgan fingerprint density at radius 3 is 1.81 bits per heavy atom. The van der Waals surface area contributed by atoms with Gasteiger partial charge in [-0.15, -0.1) is 0 Å². The van der Waals surface area contributed by atoms with Gasteiger partial charge in [-0.3, -0.25) is 0 Å². The van der Waals surface area contributed by atoms with Crippen LogP contribution in [0.2, 0.25) is 0 Å². The molecule has 0 amide bonds. The Morgan fingerprint density at radius 1 is 0.476 bits per heavy atom. The van der Waals surface area contributed by atoms with Gasteiger partial charge in [0.15, 0.2) is 0 Å². The smallest absolute Gasteiger partial charge is 0.0991 e. The van der Waals surface area contributed by atoms with Gasteiger partial charge in [0.2, 0.25) is 0 Å². The van der Waals surface area contributed by atoms with E-state index in [1.807, 2.05) is 24.3 Å². The summed E-state index contributed by atoms with van der Waals surface area (Å²) in [6.45, 7) is 0. The van der Waals surface area contributed by atoms with Crippen LogP contribution in [0.1, 0.15) is 28.2 Å². The Kier molecular flexibility index (Phi) is 8.73. The van der Waals surface area contributed by atoms with Gasteiger partial charge in [0.05, 0.1) is 17.1 Å². The minimum Gasteiger partial charge on any atom is -0.317 e. The van der Waals surface area contributed by atoms with Gasteiger partial charge < -0.3 is 4.57 Å². The van der Waals surface area contributed by atoms with E-state index in [0.29, 0.717) is 5.56 Å². The zero-order valence-corrected chi connectivity index (χ0v) is 34.5. The number of nitriles is 1. The second kappa shape index (κ2) is 15.0. The summed E-state index contributed by atoms with van der Waals surface area (Å²) in [7, 11) is 0. The number of nitrogens with zero attached hydrogens (tertiary/aromatic N) is 2. The molecule has 2 heteroatoms.